The molecule has 0 aliphatic heterocycles. The predicted molar refractivity (Wildman–Crippen MR) is 75.0 cm³/mol. The molecule has 0 bridgehead atoms. The smallest absolute Gasteiger partial charge is 0.294 e. The molecular weight excluding hydrogens is 296 g/mol. The maximum absolute atomic E-state index is 12.0. The Labute approximate surface area is 123 Å². The summed E-state index contributed by atoms with van der Waals surface area (Å²) in [6.07, 6.45) is 2.68. The first-order valence-corrected chi connectivity index (χ1v) is 6.00. The highest BCUT2D eigenvalue weighted by Crippen LogP contribution is 2.26. The summed E-state index contributed by atoms with van der Waals surface area (Å²) in [5, 5.41) is 22.3. The molecule has 0 aliphatic rings. The van der Waals surface area contributed by atoms with Gasteiger partial charge in [0, 0.05) is 18.5 Å². The van der Waals surface area contributed by atoms with Gasteiger partial charge in [-0.05, 0) is 18.2 Å². The molecule has 0 saturated carbocycles. The summed E-state index contributed by atoms with van der Waals surface area (Å²) in [5.74, 6) is -0.624. The number of benzene rings is 1. The van der Waals surface area contributed by atoms with Crippen molar-refractivity contribution in [3.63, 3.8) is 0 Å². The topological polar surface area (TPSA) is 109 Å². The van der Waals surface area contributed by atoms with Gasteiger partial charge in [-0.25, -0.2) is 0 Å². The van der Waals surface area contributed by atoms with Crippen LogP contribution in [0.1, 0.15) is 15.9 Å². The number of carbonyl (C=O) groups is 1. The Bertz CT molecular complexity index is 770. The van der Waals surface area contributed by atoms with Crippen LogP contribution in [0.4, 0.5) is 11.4 Å². The summed E-state index contributed by atoms with van der Waals surface area (Å²) in [6.45, 7) is 0. The van der Waals surface area contributed by atoms with Gasteiger partial charge in [0.15, 0.2) is 0 Å². The van der Waals surface area contributed by atoms with E-state index in [-0.39, 0.29) is 27.5 Å². The molecule has 0 aliphatic carbocycles. The number of nitrogens with one attached hydrogen (secondary N) is 1. The number of nitrogens with zero attached hydrogens (tertiary/aromatic N) is 3. The molecule has 104 valence electrons. The van der Waals surface area contributed by atoms with Gasteiger partial charge in [-0.1, -0.05) is 11.6 Å². The van der Waals surface area contributed by atoms with Crippen LogP contribution in [0.15, 0.2) is 36.7 Å². The normalized spacial score (nSPS) is 9.71. The molecular formula is C13H7ClN4O3. The lowest BCUT2D eigenvalue weighted by atomic mass is 10.1. The van der Waals surface area contributed by atoms with E-state index in [1.165, 1.54) is 30.6 Å². The fourth-order valence-corrected chi connectivity index (χ4v) is 1.78. The third-order valence-corrected chi connectivity index (χ3v) is 2.91. The first kappa shape index (κ1) is 14.4. The molecule has 1 N–H and O–H groups in total. The van der Waals surface area contributed by atoms with Gasteiger partial charge < -0.3 is 5.32 Å². The van der Waals surface area contributed by atoms with Crippen LogP contribution < -0.4 is 5.32 Å². The Balaban J connectivity index is 2.36. The minimum atomic E-state index is -0.679. The van der Waals surface area contributed by atoms with E-state index in [0.29, 0.717) is 0 Å². The number of amides is 1. The van der Waals surface area contributed by atoms with Gasteiger partial charge in [-0.3, -0.25) is 19.9 Å². The Hall–Kier alpha value is -2.98. The van der Waals surface area contributed by atoms with Gasteiger partial charge in [0.2, 0.25) is 0 Å². The van der Waals surface area contributed by atoms with Gasteiger partial charge >= 0.3 is 0 Å². The van der Waals surface area contributed by atoms with Crippen molar-refractivity contribution >= 4 is 28.9 Å². The summed E-state index contributed by atoms with van der Waals surface area (Å²) in [5.41, 5.74) is -0.178. The van der Waals surface area contributed by atoms with E-state index < -0.39 is 10.8 Å². The lowest BCUT2D eigenvalue weighted by Gasteiger charge is -2.07. The molecule has 0 spiro atoms. The van der Waals surface area contributed by atoms with Crippen molar-refractivity contribution in [2.24, 2.45) is 0 Å². The second kappa shape index (κ2) is 5.98. The van der Waals surface area contributed by atoms with Crippen LogP contribution in [-0.4, -0.2) is 15.8 Å². The van der Waals surface area contributed by atoms with Crippen LogP contribution in [0.3, 0.4) is 0 Å². The molecule has 8 heteroatoms. The summed E-state index contributed by atoms with van der Waals surface area (Å²) >= 11 is 5.86. The summed E-state index contributed by atoms with van der Waals surface area (Å²) in [7, 11) is 0. The number of anilines is 1. The number of aromatic nitrogens is 1. The van der Waals surface area contributed by atoms with Crippen molar-refractivity contribution in [1.82, 2.24) is 4.98 Å². The number of carbonyl (C=O) groups excluding carboxylic acids is 1. The number of hydrogen-bond acceptors (Lipinski definition) is 5. The van der Waals surface area contributed by atoms with E-state index in [1.807, 2.05) is 0 Å². The molecule has 21 heavy (non-hydrogen) atoms. The minimum absolute atomic E-state index is 0.0241. The average molecular weight is 303 g/mol. The molecule has 1 heterocycles. The second-order valence-electron chi connectivity index (χ2n) is 3.91. The van der Waals surface area contributed by atoms with Crippen LogP contribution in [0, 0.1) is 21.4 Å². The van der Waals surface area contributed by atoms with Crippen LogP contribution in [0.5, 0.6) is 0 Å². The van der Waals surface area contributed by atoms with E-state index in [2.05, 4.69) is 10.3 Å². The Morgan fingerprint density at radius 2 is 2.19 bits per heavy atom. The van der Waals surface area contributed by atoms with E-state index in [1.54, 1.807) is 6.07 Å². The van der Waals surface area contributed by atoms with Crippen LogP contribution in [-0.2, 0) is 0 Å². The molecule has 0 saturated heterocycles. The molecule has 1 amide bonds. The highest BCUT2D eigenvalue weighted by atomic mass is 35.5. The molecule has 1 aromatic heterocycles. The van der Waals surface area contributed by atoms with Gasteiger partial charge in [-0.15, -0.1) is 0 Å². The molecule has 0 unspecified atom stereocenters. The number of hydrogen-bond donors (Lipinski definition) is 1. The van der Waals surface area contributed by atoms with Crippen molar-refractivity contribution in [2.75, 3.05) is 5.32 Å². The van der Waals surface area contributed by atoms with Crippen molar-refractivity contribution < 1.29 is 9.72 Å². The monoisotopic (exact) mass is 302 g/mol. The van der Waals surface area contributed by atoms with Gasteiger partial charge in [0.1, 0.15) is 5.69 Å². The fourth-order valence-electron chi connectivity index (χ4n) is 1.59. The molecule has 0 fully saturated rings. The number of nitro groups is 1. The third-order valence-electron chi connectivity index (χ3n) is 2.58. The number of nitriles is 1. The average Bonchev–Trinajstić information content (AvgIpc) is 2.47. The second-order valence-corrected chi connectivity index (χ2v) is 4.32. The minimum Gasteiger partial charge on any atom is -0.316 e. The number of rotatable bonds is 3. The number of halogens is 1. The van der Waals surface area contributed by atoms with E-state index in [0.717, 1.165) is 6.07 Å². The van der Waals surface area contributed by atoms with E-state index >= 15 is 0 Å². The zero-order valence-electron chi connectivity index (χ0n) is 10.4. The van der Waals surface area contributed by atoms with Gasteiger partial charge in [0.25, 0.3) is 11.6 Å². The molecule has 0 radical (unpaired) electrons. The molecule has 1 aromatic carbocycles. The van der Waals surface area contributed by atoms with Gasteiger partial charge in [-0.2, -0.15) is 5.26 Å². The molecule has 7 nitrogen and oxygen atoms in total. The third kappa shape index (κ3) is 3.13. The largest absolute Gasteiger partial charge is 0.316 e. The summed E-state index contributed by atoms with van der Waals surface area (Å²) in [4.78, 5) is 26.1. The fraction of sp³-hybridized carbons (Fsp3) is 0. The van der Waals surface area contributed by atoms with Crippen molar-refractivity contribution in [2.45, 2.75) is 0 Å². The summed E-state index contributed by atoms with van der Waals surface area (Å²) in [6, 6.07) is 6.97. The Morgan fingerprint density at radius 3 is 2.81 bits per heavy atom. The van der Waals surface area contributed by atoms with Gasteiger partial charge in [0.05, 0.1) is 27.1 Å². The highest BCUT2D eigenvalue weighted by molar-refractivity contribution is 6.34. The highest BCUT2D eigenvalue weighted by Gasteiger charge is 2.18. The number of pyridine rings is 1. The lowest BCUT2D eigenvalue weighted by molar-refractivity contribution is -0.383. The maximum Gasteiger partial charge on any atom is 0.294 e. The van der Waals surface area contributed by atoms with Crippen LogP contribution in [0.2, 0.25) is 5.02 Å². The lowest BCUT2D eigenvalue weighted by Crippen LogP contribution is -2.14. The molecule has 0 atom stereocenters. The maximum atomic E-state index is 12.0. The zero-order chi connectivity index (χ0) is 15.4. The predicted octanol–water partition coefficient (Wildman–Crippen LogP) is 2.77. The Kier molecular flexibility index (Phi) is 4.11. The molecule has 2 rings (SSSR count). The van der Waals surface area contributed by atoms with Crippen molar-refractivity contribution in [3.8, 4) is 6.07 Å². The SMILES string of the molecule is N#Cc1ccc(NC(=O)c2cnccc2Cl)c([N+](=O)[O-])c1. The first-order valence-electron chi connectivity index (χ1n) is 5.62. The Morgan fingerprint density at radius 1 is 1.43 bits per heavy atom. The van der Waals surface area contributed by atoms with Crippen LogP contribution in [0.25, 0.3) is 0 Å². The first-order chi connectivity index (χ1) is 10.0. The molecule has 2 aromatic rings. The number of nitro benzene ring substituents is 1. The van der Waals surface area contributed by atoms with Crippen LogP contribution >= 0.6 is 11.6 Å². The zero-order valence-corrected chi connectivity index (χ0v) is 11.2. The quantitative estimate of drug-likeness (QED) is 0.692. The van der Waals surface area contributed by atoms with E-state index in [4.69, 9.17) is 16.9 Å². The standard InChI is InChI=1S/C13H7ClN4O3/c14-10-3-4-16-7-9(10)13(19)17-11-2-1-8(6-15)5-12(11)18(20)21/h1-5,7H,(H,17,19). The van der Waals surface area contributed by atoms with Crippen molar-refractivity contribution in [1.29, 1.82) is 5.26 Å². The summed E-state index contributed by atoms with van der Waals surface area (Å²) < 4.78 is 0. The van der Waals surface area contributed by atoms with Crippen molar-refractivity contribution in [3.05, 3.63) is 62.9 Å². The van der Waals surface area contributed by atoms with E-state index in [9.17, 15) is 14.9 Å².